The summed E-state index contributed by atoms with van der Waals surface area (Å²) in [5.74, 6) is -1.90. The molecule has 24 nitrogen and oxygen atoms in total. The Hall–Kier alpha value is -3.66. The molecule has 2 saturated carbocycles. The Morgan fingerprint density at radius 2 is 0.783 bits per heavy atom. The second-order valence-corrected chi connectivity index (χ2v) is 17.2. The van der Waals surface area contributed by atoms with E-state index in [1.807, 2.05) is 20.8 Å². The zero-order valence-electron chi connectivity index (χ0n) is 41.1. The molecule has 0 N–H and O–H groups in total. The maximum Gasteiger partial charge on any atom is 0.338 e. The van der Waals surface area contributed by atoms with Gasteiger partial charge in [0.05, 0.1) is 59.5 Å². The summed E-state index contributed by atoms with van der Waals surface area (Å²) in [5.41, 5.74) is -0.455. The molecule has 0 aromatic heterocycles. The Morgan fingerprint density at radius 3 is 1.09 bits per heavy atom. The molecule has 0 spiro atoms. The molecule has 8 aliphatic rings. The summed E-state index contributed by atoms with van der Waals surface area (Å²) >= 11 is 0. The Morgan fingerprint density at radius 1 is 0.464 bits per heavy atom. The minimum Gasteiger partial charge on any atom is -0.467 e. The summed E-state index contributed by atoms with van der Waals surface area (Å²) in [6.45, 7) is 14.3. The molecule has 6 atom stereocenters. The van der Waals surface area contributed by atoms with E-state index in [0.29, 0.717) is 46.2 Å². The van der Waals surface area contributed by atoms with Crippen LogP contribution in [0.15, 0.2) is 0 Å². The molecule has 2 aliphatic carbocycles. The van der Waals surface area contributed by atoms with E-state index in [-0.39, 0.29) is 94.9 Å². The standard InChI is InChI=1S/C10H16O4.C9H14O4.C8H14O4.C7H12O4.C6H10O4.C5H8O4/c11-10(9-6-12-7-13-9)14-8-4-2-1-3-5-8;10-9(8-5-11-6-12-8)13-7-3-1-2-4-7;1-8(2,3)12-7(9)6-4-10-5-11-6;1-5(2)11-7(8)6-3-9-4-10-6;1-2-9-6(7)5-3-8-4-10-5;1-7-5(6)4-2-8-3-9-4/h8-9H,1-7H2;7-8H,1-6H2;6H,4-5H2,1-3H3;5-6H,3-4H2,1-2H3;5H,2-4H2,1H3;4H,2-3H2,1H3. The molecule has 0 aromatic carbocycles. The topological polar surface area (TPSA) is 269 Å². The van der Waals surface area contributed by atoms with E-state index in [4.69, 9.17) is 75.8 Å². The highest BCUT2D eigenvalue weighted by Crippen LogP contribution is 2.23. The number of rotatable bonds is 10. The maximum absolute atomic E-state index is 11.5. The fourth-order valence-corrected chi connectivity index (χ4v) is 6.53. The molecule has 8 rings (SSSR count). The van der Waals surface area contributed by atoms with Crippen LogP contribution in [0.1, 0.15) is 99.3 Å². The minimum absolute atomic E-state index is 0.0910. The van der Waals surface area contributed by atoms with Gasteiger partial charge in [-0.05, 0) is 92.9 Å². The van der Waals surface area contributed by atoms with Crippen molar-refractivity contribution in [1.29, 1.82) is 0 Å². The van der Waals surface area contributed by atoms with Crippen molar-refractivity contribution in [1.82, 2.24) is 0 Å². The van der Waals surface area contributed by atoms with E-state index in [1.54, 1.807) is 20.8 Å². The lowest BCUT2D eigenvalue weighted by molar-refractivity contribution is -0.165. The zero-order valence-corrected chi connectivity index (χ0v) is 41.1. The van der Waals surface area contributed by atoms with Gasteiger partial charge in [-0.3, -0.25) is 0 Å². The largest absolute Gasteiger partial charge is 0.467 e. The van der Waals surface area contributed by atoms with Crippen molar-refractivity contribution in [2.75, 3.05) is 94.1 Å². The molecule has 8 fully saturated rings. The van der Waals surface area contributed by atoms with Crippen LogP contribution < -0.4 is 0 Å². The van der Waals surface area contributed by atoms with Crippen molar-refractivity contribution in [3.8, 4) is 0 Å². The van der Waals surface area contributed by atoms with Gasteiger partial charge >= 0.3 is 35.8 Å². The van der Waals surface area contributed by atoms with E-state index in [1.165, 1.54) is 39.2 Å². The molecule has 398 valence electrons. The van der Waals surface area contributed by atoms with Gasteiger partial charge in [0.2, 0.25) is 0 Å². The van der Waals surface area contributed by atoms with Gasteiger partial charge in [-0.15, -0.1) is 0 Å². The average Bonchev–Trinajstić information content (AvgIpc) is 4.18. The van der Waals surface area contributed by atoms with Gasteiger partial charge in [-0.2, -0.15) is 0 Å². The van der Waals surface area contributed by atoms with Gasteiger partial charge in [0, 0.05) is 0 Å². The predicted molar refractivity (Wildman–Crippen MR) is 231 cm³/mol. The summed E-state index contributed by atoms with van der Waals surface area (Å²) in [6, 6.07) is 0. The molecule has 6 heterocycles. The van der Waals surface area contributed by atoms with Gasteiger partial charge in [0.1, 0.15) is 58.6 Å². The molecule has 0 bridgehead atoms. The molecule has 24 heteroatoms. The van der Waals surface area contributed by atoms with Gasteiger partial charge < -0.3 is 85.3 Å². The third kappa shape index (κ3) is 25.3. The van der Waals surface area contributed by atoms with E-state index in [2.05, 4.69) is 9.47 Å². The second kappa shape index (κ2) is 33.8. The van der Waals surface area contributed by atoms with E-state index >= 15 is 0 Å². The fraction of sp³-hybridized carbons (Fsp3) is 0.867. The first-order chi connectivity index (χ1) is 33.1. The van der Waals surface area contributed by atoms with Crippen LogP contribution >= 0.6 is 0 Å². The lowest BCUT2D eigenvalue weighted by Gasteiger charge is -2.22. The highest BCUT2D eigenvalue weighted by Gasteiger charge is 2.32. The van der Waals surface area contributed by atoms with Gasteiger partial charge in [-0.25, -0.2) is 28.8 Å². The quantitative estimate of drug-likeness (QED) is 0.225. The maximum atomic E-state index is 11.5. The summed E-state index contributed by atoms with van der Waals surface area (Å²) in [5, 5.41) is 0. The third-order valence-corrected chi connectivity index (χ3v) is 9.97. The normalized spacial score (nSPS) is 26.4. The molecule has 6 saturated heterocycles. The van der Waals surface area contributed by atoms with E-state index in [0.717, 1.165) is 25.7 Å². The monoisotopic (exact) mass is 998 g/mol. The summed E-state index contributed by atoms with van der Waals surface area (Å²) in [4.78, 5) is 66.5. The van der Waals surface area contributed by atoms with Crippen molar-refractivity contribution in [2.45, 2.75) is 160 Å². The average molecular weight is 999 g/mol. The molecule has 0 aromatic rings. The molecule has 6 unspecified atom stereocenters. The number of carbonyl (C=O) groups excluding carboxylic acids is 6. The Balaban J connectivity index is 0.000000221. The van der Waals surface area contributed by atoms with Crippen LogP contribution in [0.2, 0.25) is 0 Å². The van der Waals surface area contributed by atoms with E-state index < -0.39 is 42.2 Å². The van der Waals surface area contributed by atoms with Crippen LogP contribution in [0.3, 0.4) is 0 Å². The van der Waals surface area contributed by atoms with Gasteiger partial charge in [-0.1, -0.05) is 6.42 Å². The fourth-order valence-electron chi connectivity index (χ4n) is 6.53. The second-order valence-electron chi connectivity index (χ2n) is 17.2. The number of hydrogen-bond acceptors (Lipinski definition) is 24. The van der Waals surface area contributed by atoms with Crippen LogP contribution in [0, 0.1) is 0 Å². The van der Waals surface area contributed by atoms with Crippen LogP contribution in [-0.4, -0.2) is 190 Å². The van der Waals surface area contributed by atoms with Gasteiger partial charge in [0.25, 0.3) is 0 Å². The molecule has 69 heavy (non-hydrogen) atoms. The summed E-state index contributed by atoms with van der Waals surface area (Å²) in [6.07, 6.45) is 7.03. The Kier molecular flexibility index (Phi) is 29.3. The number of hydrogen-bond donors (Lipinski definition) is 0. The zero-order chi connectivity index (χ0) is 50.4. The molecular weight excluding hydrogens is 924 g/mol. The smallest absolute Gasteiger partial charge is 0.338 e. The van der Waals surface area contributed by atoms with Crippen LogP contribution in [0.25, 0.3) is 0 Å². The summed E-state index contributed by atoms with van der Waals surface area (Å²) < 4.78 is 88.4. The molecule has 0 radical (unpaired) electrons. The highest BCUT2D eigenvalue weighted by molar-refractivity contribution is 5.77. The van der Waals surface area contributed by atoms with Gasteiger partial charge in [0.15, 0.2) is 36.6 Å². The number of ether oxygens (including phenoxy) is 18. The van der Waals surface area contributed by atoms with Crippen LogP contribution in [-0.2, 0) is 114 Å². The lowest BCUT2D eigenvalue weighted by Crippen LogP contribution is -2.32. The number of carbonyl (C=O) groups is 6. The molecular formula is C45H74O24. The lowest BCUT2D eigenvalue weighted by atomic mass is 9.98. The number of esters is 6. The van der Waals surface area contributed by atoms with Crippen molar-refractivity contribution < 1.29 is 114 Å². The first kappa shape index (κ1) is 59.6. The first-order valence-electron chi connectivity index (χ1n) is 23.3. The Labute approximate surface area is 403 Å². The van der Waals surface area contributed by atoms with Crippen molar-refractivity contribution in [3.63, 3.8) is 0 Å². The van der Waals surface area contributed by atoms with Crippen molar-refractivity contribution in [3.05, 3.63) is 0 Å². The highest BCUT2D eigenvalue weighted by atomic mass is 16.7. The third-order valence-electron chi connectivity index (χ3n) is 9.97. The van der Waals surface area contributed by atoms with E-state index in [9.17, 15) is 28.8 Å². The van der Waals surface area contributed by atoms with Crippen molar-refractivity contribution in [2.24, 2.45) is 0 Å². The first-order valence-corrected chi connectivity index (χ1v) is 23.3. The summed E-state index contributed by atoms with van der Waals surface area (Å²) in [7, 11) is 1.32. The van der Waals surface area contributed by atoms with Crippen LogP contribution in [0.4, 0.5) is 0 Å². The molecule has 0 amide bonds. The minimum atomic E-state index is -0.538. The van der Waals surface area contributed by atoms with Crippen molar-refractivity contribution >= 4 is 35.8 Å². The Bertz CT molecular complexity index is 1460. The van der Waals surface area contributed by atoms with Crippen LogP contribution in [0.5, 0.6) is 0 Å². The predicted octanol–water partition coefficient (Wildman–Crippen LogP) is 2.55. The number of methoxy groups -OCH3 is 1. The SMILES string of the molecule is CC(C)(C)OC(=O)C1COCO1.CC(C)OC(=O)C1COCO1.CCOC(=O)C1COCO1.COC(=O)C1COCO1.O=C(OC1CCCC1)C1COCO1.O=C(OC1CCCCC1)C1COCO1. The molecule has 6 aliphatic heterocycles.